The predicted octanol–water partition coefficient (Wildman–Crippen LogP) is 3.87. The maximum absolute atomic E-state index is 11.8. The van der Waals surface area contributed by atoms with E-state index >= 15 is 0 Å². The summed E-state index contributed by atoms with van der Waals surface area (Å²) in [5.41, 5.74) is 9.29. The highest BCUT2D eigenvalue weighted by Gasteiger charge is 2.12. The number of anilines is 3. The Bertz CT molecular complexity index is 656. The predicted molar refractivity (Wildman–Crippen MR) is 84.4 cm³/mol. The molecule has 104 valence electrons. The van der Waals surface area contributed by atoms with Crippen LogP contribution in [0, 0.1) is 6.92 Å². The second-order valence-corrected chi connectivity index (χ2v) is 5.24. The fourth-order valence-electron chi connectivity index (χ4n) is 1.83. The minimum Gasteiger partial charge on any atom is -0.465 e. The Morgan fingerprint density at radius 3 is 2.65 bits per heavy atom. The highest BCUT2D eigenvalue weighted by Crippen LogP contribution is 2.26. The molecule has 0 aromatic heterocycles. The van der Waals surface area contributed by atoms with Crippen molar-refractivity contribution in [2.75, 3.05) is 18.2 Å². The average Bonchev–Trinajstić information content (AvgIpc) is 2.44. The third-order valence-corrected chi connectivity index (χ3v) is 3.78. The Balaban J connectivity index is 2.37. The lowest BCUT2D eigenvalue weighted by Crippen LogP contribution is -2.06. The van der Waals surface area contributed by atoms with Crippen LogP contribution >= 0.6 is 15.9 Å². The summed E-state index contributed by atoms with van der Waals surface area (Å²) in [6.07, 6.45) is 0. The molecule has 2 aromatic rings. The van der Waals surface area contributed by atoms with Crippen molar-refractivity contribution in [2.45, 2.75) is 6.92 Å². The fraction of sp³-hybridized carbons (Fsp3) is 0.133. The van der Waals surface area contributed by atoms with Crippen molar-refractivity contribution in [2.24, 2.45) is 0 Å². The number of rotatable bonds is 3. The number of hydrogen-bond donors (Lipinski definition) is 2. The first-order valence-corrected chi connectivity index (χ1v) is 6.81. The minimum absolute atomic E-state index is 0.410. The van der Waals surface area contributed by atoms with Crippen LogP contribution < -0.4 is 11.1 Å². The zero-order valence-electron chi connectivity index (χ0n) is 11.2. The van der Waals surface area contributed by atoms with Crippen LogP contribution in [0.3, 0.4) is 0 Å². The van der Waals surface area contributed by atoms with Crippen LogP contribution in [0.2, 0.25) is 0 Å². The lowest BCUT2D eigenvalue weighted by Gasteiger charge is -2.12. The van der Waals surface area contributed by atoms with Crippen LogP contribution in [-0.2, 0) is 4.74 Å². The molecular weight excluding hydrogens is 320 g/mol. The van der Waals surface area contributed by atoms with Crippen LogP contribution in [0.5, 0.6) is 0 Å². The monoisotopic (exact) mass is 334 g/mol. The van der Waals surface area contributed by atoms with Crippen molar-refractivity contribution in [3.8, 4) is 0 Å². The van der Waals surface area contributed by atoms with Gasteiger partial charge in [0.1, 0.15) is 0 Å². The first kappa shape index (κ1) is 14.4. The smallest absolute Gasteiger partial charge is 0.340 e. The van der Waals surface area contributed by atoms with E-state index in [1.165, 1.54) is 7.11 Å². The minimum atomic E-state index is -0.423. The van der Waals surface area contributed by atoms with E-state index in [1.54, 1.807) is 18.2 Å². The Morgan fingerprint density at radius 1 is 1.25 bits per heavy atom. The zero-order chi connectivity index (χ0) is 14.7. The van der Waals surface area contributed by atoms with Gasteiger partial charge in [-0.05, 0) is 48.9 Å². The van der Waals surface area contributed by atoms with Gasteiger partial charge in [0.25, 0.3) is 0 Å². The van der Waals surface area contributed by atoms with Gasteiger partial charge in [-0.3, -0.25) is 0 Å². The summed E-state index contributed by atoms with van der Waals surface area (Å²) >= 11 is 3.45. The molecule has 0 saturated carbocycles. The van der Waals surface area contributed by atoms with Crippen molar-refractivity contribution in [3.05, 3.63) is 52.0 Å². The Morgan fingerprint density at radius 2 is 2.00 bits per heavy atom. The van der Waals surface area contributed by atoms with Gasteiger partial charge in [0.05, 0.1) is 18.4 Å². The summed E-state index contributed by atoms with van der Waals surface area (Å²) in [7, 11) is 1.35. The van der Waals surface area contributed by atoms with Crippen molar-refractivity contribution in [1.82, 2.24) is 0 Å². The summed E-state index contributed by atoms with van der Waals surface area (Å²) in [6.45, 7) is 2.00. The molecule has 3 N–H and O–H groups in total. The number of halogens is 1. The Labute approximate surface area is 126 Å². The van der Waals surface area contributed by atoms with E-state index in [0.717, 1.165) is 15.7 Å². The van der Waals surface area contributed by atoms with Gasteiger partial charge < -0.3 is 15.8 Å². The molecular formula is C15H15BrN2O2. The molecule has 2 rings (SSSR count). The van der Waals surface area contributed by atoms with Crippen LogP contribution in [-0.4, -0.2) is 13.1 Å². The summed E-state index contributed by atoms with van der Waals surface area (Å²) in [4.78, 5) is 11.8. The first-order valence-electron chi connectivity index (χ1n) is 6.02. The highest BCUT2D eigenvalue weighted by molar-refractivity contribution is 9.10. The lowest BCUT2D eigenvalue weighted by molar-refractivity contribution is 0.0602. The number of carbonyl (C=O) groups is 1. The molecule has 5 heteroatoms. The quantitative estimate of drug-likeness (QED) is 0.660. The van der Waals surface area contributed by atoms with Gasteiger partial charge >= 0.3 is 5.97 Å². The molecule has 0 aliphatic heterocycles. The summed E-state index contributed by atoms with van der Waals surface area (Å²) in [6, 6.07) is 11.0. The third-order valence-electron chi connectivity index (χ3n) is 2.89. The molecule has 0 bridgehead atoms. The number of benzene rings is 2. The van der Waals surface area contributed by atoms with Gasteiger partial charge in [-0.2, -0.15) is 0 Å². The maximum atomic E-state index is 11.8. The first-order chi connectivity index (χ1) is 9.51. The van der Waals surface area contributed by atoms with E-state index in [-0.39, 0.29) is 0 Å². The van der Waals surface area contributed by atoms with Crippen LogP contribution in [0.1, 0.15) is 15.9 Å². The van der Waals surface area contributed by atoms with Crippen molar-refractivity contribution >= 4 is 39.0 Å². The van der Waals surface area contributed by atoms with Crippen molar-refractivity contribution < 1.29 is 9.53 Å². The number of esters is 1. The standard InChI is InChI=1S/C15H15BrN2O2/c1-9-7-11(4-5-13(9)16)18-14-6-3-10(17)8-12(14)15(19)20-2/h3-8,18H,17H2,1-2H3. The number of nitrogens with two attached hydrogens (primary N) is 1. The number of carbonyl (C=O) groups excluding carboxylic acids is 1. The molecule has 0 aliphatic carbocycles. The lowest BCUT2D eigenvalue weighted by atomic mass is 10.1. The molecule has 0 radical (unpaired) electrons. The van der Waals surface area contributed by atoms with E-state index in [1.807, 2.05) is 25.1 Å². The number of ether oxygens (including phenoxy) is 1. The normalized spacial score (nSPS) is 10.2. The molecule has 0 spiro atoms. The van der Waals surface area contributed by atoms with E-state index < -0.39 is 5.97 Å². The summed E-state index contributed by atoms with van der Waals surface area (Å²) in [5, 5.41) is 3.21. The highest BCUT2D eigenvalue weighted by atomic mass is 79.9. The fourth-order valence-corrected chi connectivity index (χ4v) is 2.07. The number of nitrogen functional groups attached to an aromatic ring is 1. The van der Waals surface area contributed by atoms with E-state index in [4.69, 9.17) is 10.5 Å². The molecule has 2 aromatic carbocycles. The van der Waals surface area contributed by atoms with Gasteiger partial charge in [0, 0.05) is 15.8 Å². The van der Waals surface area contributed by atoms with Crippen molar-refractivity contribution in [1.29, 1.82) is 0 Å². The molecule has 20 heavy (non-hydrogen) atoms. The van der Waals surface area contributed by atoms with E-state index in [2.05, 4.69) is 21.2 Å². The number of aryl methyl sites for hydroxylation is 1. The molecule has 0 unspecified atom stereocenters. The molecule has 0 amide bonds. The van der Waals surface area contributed by atoms with Crippen LogP contribution in [0.15, 0.2) is 40.9 Å². The van der Waals surface area contributed by atoms with Gasteiger partial charge in [-0.1, -0.05) is 15.9 Å². The summed E-state index contributed by atoms with van der Waals surface area (Å²) in [5.74, 6) is -0.423. The largest absolute Gasteiger partial charge is 0.465 e. The van der Waals surface area contributed by atoms with Crippen LogP contribution in [0.25, 0.3) is 0 Å². The Kier molecular flexibility index (Phi) is 4.29. The zero-order valence-corrected chi connectivity index (χ0v) is 12.8. The second kappa shape index (κ2) is 5.96. The average molecular weight is 335 g/mol. The van der Waals surface area contributed by atoms with Gasteiger partial charge in [0.2, 0.25) is 0 Å². The Hall–Kier alpha value is -2.01. The number of nitrogens with one attached hydrogen (secondary N) is 1. The second-order valence-electron chi connectivity index (χ2n) is 4.39. The van der Waals surface area contributed by atoms with E-state index in [0.29, 0.717) is 16.9 Å². The van der Waals surface area contributed by atoms with E-state index in [9.17, 15) is 4.79 Å². The SMILES string of the molecule is COC(=O)c1cc(N)ccc1Nc1ccc(Br)c(C)c1. The van der Waals surface area contributed by atoms with Crippen LogP contribution in [0.4, 0.5) is 17.1 Å². The van der Waals surface area contributed by atoms with Crippen molar-refractivity contribution in [3.63, 3.8) is 0 Å². The number of methoxy groups -OCH3 is 1. The van der Waals surface area contributed by atoms with Gasteiger partial charge in [-0.15, -0.1) is 0 Å². The molecule has 0 atom stereocenters. The molecule has 4 nitrogen and oxygen atoms in total. The topological polar surface area (TPSA) is 64.3 Å². The molecule has 0 fully saturated rings. The van der Waals surface area contributed by atoms with Gasteiger partial charge in [-0.25, -0.2) is 4.79 Å². The molecule has 0 saturated heterocycles. The molecule has 0 heterocycles. The molecule has 0 aliphatic rings. The third kappa shape index (κ3) is 3.11. The number of hydrogen-bond acceptors (Lipinski definition) is 4. The van der Waals surface area contributed by atoms with Gasteiger partial charge in [0.15, 0.2) is 0 Å². The summed E-state index contributed by atoms with van der Waals surface area (Å²) < 4.78 is 5.81. The maximum Gasteiger partial charge on any atom is 0.340 e.